The van der Waals surface area contributed by atoms with Crippen LogP contribution in [-0.4, -0.2) is 17.7 Å². The van der Waals surface area contributed by atoms with Gasteiger partial charge in [-0.2, -0.15) is 0 Å². The van der Waals surface area contributed by atoms with Crippen LogP contribution < -0.4 is 4.90 Å². The number of carboxylic acid groups (broad SMARTS) is 1. The second kappa shape index (κ2) is 3.93. The molecule has 3 nitrogen and oxygen atoms in total. The summed E-state index contributed by atoms with van der Waals surface area (Å²) in [6.45, 7) is 2.70. The number of aryl methyl sites for hydroxylation is 2. The van der Waals surface area contributed by atoms with Crippen molar-refractivity contribution < 1.29 is 9.90 Å². The van der Waals surface area contributed by atoms with Gasteiger partial charge in [0.2, 0.25) is 0 Å². The molecule has 2 rings (SSSR count). The largest absolute Gasteiger partial charge is 0.465 e. The number of rotatable bonds is 1. The summed E-state index contributed by atoms with van der Waals surface area (Å²) in [7, 11) is 0. The number of fused-ring (bicyclic) bond motifs is 1. The molecule has 0 aromatic heterocycles. The first-order valence-corrected chi connectivity index (χ1v) is 5.34. The Kier molecular flexibility index (Phi) is 2.62. The van der Waals surface area contributed by atoms with E-state index in [1.54, 1.807) is 0 Å². The summed E-state index contributed by atoms with van der Waals surface area (Å²) in [6.07, 6.45) is 2.01. The quantitative estimate of drug-likeness (QED) is 0.765. The molecule has 1 amide bonds. The molecule has 80 valence electrons. The van der Waals surface area contributed by atoms with Gasteiger partial charge in [-0.05, 0) is 36.5 Å². The zero-order valence-electron chi connectivity index (χ0n) is 8.86. The normalized spacial score (nSPS) is 14.9. The first-order valence-electron chi connectivity index (χ1n) is 5.34. The average molecular weight is 205 g/mol. The van der Waals surface area contributed by atoms with Gasteiger partial charge in [0.25, 0.3) is 0 Å². The fraction of sp³-hybridized carbons (Fsp3) is 0.417. The molecule has 1 aromatic carbocycles. The summed E-state index contributed by atoms with van der Waals surface area (Å²) in [4.78, 5) is 12.5. The molecule has 0 spiro atoms. The third-order valence-corrected chi connectivity index (χ3v) is 2.91. The van der Waals surface area contributed by atoms with Crippen molar-refractivity contribution in [1.82, 2.24) is 0 Å². The lowest BCUT2D eigenvalue weighted by molar-refractivity contribution is 0.201. The fourth-order valence-corrected chi connectivity index (χ4v) is 2.04. The first kappa shape index (κ1) is 10.0. The molecule has 0 unspecified atom stereocenters. The van der Waals surface area contributed by atoms with E-state index in [9.17, 15) is 4.79 Å². The van der Waals surface area contributed by atoms with Gasteiger partial charge in [0, 0.05) is 6.54 Å². The molecule has 1 N–H and O–H groups in total. The number of benzene rings is 1. The monoisotopic (exact) mass is 205 g/mol. The summed E-state index contributed by atoms with van der Waals surface area (Å²) in [6, 6.07) is 6.15. The predicted molar refractivity (Wildman–Crippen MR) is 59.5 cm³/mol. The molecular formula is C12H15NO2. The van der Waals surface area contributed by atoms with Crippen LogP contribution in [0.25, 0.3) is 0 Å². The maximum atomic E-state index is 11.0. The Balaban J connectivity index is 2.43. The summed E-state index contributed by atoms with van der Waals surface area (Å²) < 4.78 is 0. The molecule has 1 heterocycles. The van der Waals surface area contributed by atoms with Gasteiger partial charge in [-0.25, -0.2) is 4.79 Å². The van der Waals surface area contributed by atoms with Gasteiger partial charge in [-0.1, -0.05) is 19.1 Å². The molecule has 3 heteroatoms. The van der Waals surface area contributed by atoms with Crippen molar-refractivity contribution in [2.45, 2.75) is 26.2 Å². The van der Waals surface area contributed by atoms with Crippen molar-refractivity contribution in [1.29, 1.82) is 0 Å². The predicted octanol–water partition coefficient (Wildman–Crippen LogP) is 2.68. The van der Waals surface area contributed by atoms with Gasteiger partial charge in [0.1, 0.15) is 0 Å². The van der Waals surface area contributed by atoms with E-state index in [0.29, 0.717) is 6.54 Å². The molecule has 0 aliphatic carbocycles. The van der Waals surface area contributed by atoms with Crippen LogP contribution in [0.2, 0.25) is 0 Å². The van der Waals surface area contributed by atoms with Crippen molar-refractivity contribution in [2.75, 3.05) is 11.4 Å². The molecule has 1 aliphatic heterocycles. The van der Waals surface area contributed by atoms with Crippen molar-refractivity contribution in [3.8, 4) is 0 Å². The van der Waals surface area contributed by atoms with Crippen LogP contribution in [0.1, 0.15) is 24.5 Å². The zero-order valence-corrected chi connectivity index (χ0v) is 8.86. The van der Waals surface area contributed by atoms with Crippen LogP contribution in [0, 0.1) is 0 Å². The number of carbonyl (C=O) groups is 1. The Bertz CT molecular complexity index is 387. The van der Waals surface area contributed by atoms with Gasteiger partial charge in [-0.15, -0.1) is 0 Å². The van der Waals surface area contributed by atoms with Gasteiger partial charge in [-0.3, -0.25) is 4.90 Å². The van der Waals surface area contributed by atoms with E-state index in [1.807, 2.05) is 6.07 Å². The Hall–Kier alpha value is -1.51. The number of amides is 1. The van der Waals surface area contributed by atoms with E-state index in [0.717, 1.165) is 30.5 Å². The Morgan fingerprint density at radius 2 is 2.33 bits per heavy atom. The molecule has 1 aromatic rings. The van der Waals surface area contributed by atoms with Crippen molar-refractivity contribution >= 4 is 11.8 Å². The number of nitrogens with zero attached hydrogens (tertiary/aromatic N) is 1. The van der Waals surface area contributed by atoms with Crippen LogP contribution in [0.3, 0.4) is 0 Å². The van der Waals surface area contributed by atoms with Crippen LogP contribution in [0.4, 0.5) is 10.5 Å². The van der Waals surface area contributed by atoms with Crippen LogP contribution in [-0.2, 0) is 12.8 Å². The third-order valence-electron chi connectivity index (χ3n) is 2.91. The summed E-state index contributed by atoms with van der Waals surface area (Å²) >= 11 is 0. The molecule has 0 fully saturated rings. The van der Waals surface area contributed by atoms with E-state index >= 15 is 0 Å². The summed E-state index contributed by atoms with van der Waals surface area (Å²) in [5.74, 6) is 0. The Labute approximate surface area is 89.3 Å². The lowest BCUT2D eigenvalue weighted by Crippen LogP contribution is -2.34. The van der Waals surface area contributed by atoms with Gasteiger partial charge < -0.3 is 5.11 Å². The lowest BCUT2D eigenvalue weighted by Gasteiger charge is -2.27. The van der Waals surface area contributed by atoms with Crippen molar-refractivity contribution in [3.63, 3.8) is 0 Å². The molecule has 1 aliphatic rings. The Morgan fingerprint density at radius 3 is 3.00 bits per heavy atom. The van der Waals surface area contributed by atoms with Crippen LogP contribution >= 0.6 is 0 Å². The second-order valence-electron chi connectivity index (χ2n) is 3.85. The number of anilines is 1. The third kappa shape index (κ3) is 1.82. The minimum Gasteiger partial charge on any atom is -0.465 e. The van der Waals surface area contributed by atoms with Crippen molar-refractivity contribution in [3.05, 3.63) is 29.3 Å². The minimum atomic E-state index is -0.843. The topological polar surface area (TPSA) is 40.5 Å². The highest BCUT2D eigenvalue weighted by molar-refractivity contribution is 5.87. The highest BCUT2D eigenvalue weighted by Crippen LogP contribution is 2.28. The minimum absolute atomic E-state index is 0.621. The van der Waals surface area contributed by atoms with E-state index in [2.05, 4.69) is 19.1 Å². The smallest absolute Gasteiger partial charge is 0.411 e. The van der Waals surface area contributed by atoms with E-state index in [4.69, 9.17) is 5.11 Å². The van der Waals surface area contributed by atoms with Crippen LogP contribution in [0.15, 0.2) is 18.2 Å². The summed E-state index contributed by atoms with van der Waals surface area (Å²) in [5, 5.41) is 9.07. The zero-order chi connectivity index (χ0) is 10.8. The molecule has 0 radical (unpaired) electrons. The first-order chi connectivity index (χ1) is 7.22. The van der Waals surface area contributed by atoms with Gasteiger partial charge in [0.05, 0.1) is 5.69 Å². The molecular weight excluding hydrogens is 190 g/mol. The molecule has 0 saturated heterocycles. The van der Waals surface area contributed by atoms with E-state index < -0.39 is 6.09 Å². The molecule has 0 saturated carbocycles. The van der Waals surface area contributed by atoms with E-state index in [-0.39, 0.29) is 0 Å². The Morgan fingerprint density at radius 1 is 1.53 bits per heavy atom. The summed E-state index contributed by atoms with van der Waals surface area (Å²) in [5.41, 5.74) is 3.23. The van der Waals surface area contributed by atoms with Gasteiger partial charge in [0.15, 0.2) is 0 Å². The highest BCUT2D eigenvalue weighted by Gasteiger charge is 2.21. The van der Waals surface area contributed by atoms with Gasteiger partial charge >= 0.3 is 6.09 Å². The molecule has 0 bridgehead atoms. The SMILES string of the molecule is CCc1ccc2c(c1)N(C(=O)O)CCC2. The standard InChI is InChI=1S/C12H15NO2/c1-2-9-5-6-10-4-3-7-13(12(14)15)11(10)8-9/h5-6,8H,2-4,7H2,1H3,(H,14,15). The van der Waals surface area contributed by atoms with E-state index in [1.165, 1.54) is 10.5 Å². The lowest BCUT2D eigenvalue weighted by atomic mass is 9.99. The average Bonchev–Trinajstić information content (AvgIpc) is 2.27. The maximum Gasteiger partial charge on any atom is 0.411 e. The van der Waals surface area contributed by atoms with Crippen LogP contribution in [0.5, 0.6) is 0 Å². The molecule has 0 atom stereocenters. The number of hydrogen-bond donors (Lipinski definition) is 1. The van der Waals surface area contributed by atoms with Crippen molar-refractivity contribution in [2.24, 2.45) is 0 Å². The number of hydrogen-bond acceptors (Lipinski definition) is 1. The highest BCUT2D eigenvalue weighted by atomic mass is 16.4. The maximum absolute atomic E-state index is 11.0. The second-order valence-corrected chi connectivity index (χ2v) is 3.85. The fourth-order valence-electron chi connectivity index (χ4n) is 2.04. The molecule has 15 heavy (non-hydrogen) atoms.